The van der Waals surface area contributed by atoms with Gasteiger partial charge < -0.3 is 16.4 Å². The van der Waals surface area contributed by atoms with Crippen molar-refractivity contribution >= 4 is 28.9 Å². The van der Waals surface area contributed by atoms with Crippen LogP contribution in [0.2, 0.25) is 5.02 Å². The van der Waals surface area contributed by atoms with Gasteiger partial charge in [0, 0.05) is 22.0 Å². The number of carbonyl (C=O) groups excluding carboxylic acids is 1. The molecule has 0 fully saturated rings. The van der Waals surface area contributed by atoms with Gasteiger partial charge in [0.25, 0.3) is 0 Å². The zero-order valence-corrected chi connectivity index (χ0v) is 12.9. The number of carbonyl (C=O) groups is 1. The van der Waals surface area contributed by atoms with E-state index in [1.807, 2.05) is 24.3 Å². The van der Waals surface area contributed by atoms with Gasteiger partial charge in [-0.1, -0.05) is 41.9 Å². The monoisotopic (exact) mass is 315 g/mol. The van der Waals surface area contributed by atoms with E-state index in [-0.39, 0.29) is 11.9 Å². The highest BCUT2D eigenvalue weighted by Gasteiger charge is 2.23. The minimum absolute atomic E-state index is 0.00426. The molecule has 0 unspecified atom stereocenters. The lowest BCUT2D eigenvalue weighted by Gasteiger charge is -2.21. The molecule has 4 nitrogen and oxygen atoms in total. The van der Waals surface area contributed by atoms with Gasteiger partial charge in [-0.15, -0.1) is 0 Å². The van der Waals surface area contributed by atoms with Crippen molar-refractivity contribution in [3.05, 3.63) is 58.6 Å². The van der Waals surface area contributed by atoms with E-state index in [0.717, 1.165) is 23.4 Å². The van der Waals surface area contributed by atoms with Crippen LogP contribution in [0.3, 0.4) is 0 Å². The molecule has 1 atom stereocenters. The average Bonchev–Trinajstić information content (AvgIpc) is 2.88. The van der Waals surface area contributed by atoms with Crippen LogP contribution in [-0.4, -0.2) is 12.5 Å². The Labute approximate surface area is 134 Å². The Morgan fingerprint density at radius 3 is 2.77 bits per heavy atom. The van der Waals surface area contributed by atoms with Gasteiger partial charge in [-0.2, -0.15) is 0 Å². The predicted molar refractivity (Wildman–Crippen MR) is 90.3 cm³/mol. The Bertz CT molecular complexity index is 688. The third-order valence-corrected chi connectivity index (χ3v) is 4.03. The summed E-state index contributed by atoms with van der Waals surface area (Å²) in [6.45, 7) is 0.576. The van der Waals surface area contributed by atoms with Crippen LogP contribution >= 0.6 is 11.6 Å². The minimum atomic E-state index is -0.00426. The number of hydrogen-bond donors (Lipinski definition) is 3. The quantitative estimate of drug-likeness (QED) is 0.792. The van der Waals surface area contributed by atoms with E-state index in [2.05, 4.69) is 22.8 Å². The molecular formula is C17H18ClN3O. The number of rotatable bonds is 5. The molecule has 22 heavy (non-hydrogen) atoms. The second kappa shape index (κ2) is 6.38. The summed E-state index contributed by atoms with van der Waals surface area (Å²) in [4.78, 5) is 11.6. The Hall–Kier alpha value is -2.04. The molecule has 0 bridgehead atoms. The number of anilines is 2. The van der Waals surface area contributed by atoms with Crippen molar-refractivity contribution in [3.63, 3.8) is 0 Å². The van der Waals surface area contributed by atoms with E-state index in [1.54, 1.807) is 6.07 Å². The highest BCUT2D eigenvalue weighted by atomic mass is 35.5. The van der Waals surface area contributed by atoms with Crippen molar-refractivity contribution in [2.24, 2.45) is 5.73 Å². The number of halogens is 1. The van der Waals surface area contributed by atoms with Crippen LogP contribution in [0.15, 0.2) is 42.5 Å². The Balaban J connectivity index is 1.92. The molecule has 1 aliphatic rings. The molecule has 0 spiro atoms. The lowest BCUT2D eigenvalue weighted by atomic mass is 10.0. The molecule has 4 N–H and O–H groups in total. The van der Waals surface area contributed by atoms with E-state index < -0.39 is 0 Å². The molecule has 5 heteroatoms. The summed E-state index contributed by atoms with van der Waals surface area (Å²) in [5, 5.41) is 6.94. The normalized spacial score (nSPS) is 14.4. The van der Waals surface area contributed by atoms with Gasteiger partial charge in [0.1, 0.15) is 0 Å². The first-order valence-corrected chi connectivity index (χ1v) is 7.69. The molecule has 0 aliphatic carbocycles. The number of nitrogens with two attached hydrogens (primary N) is 1. The van der Waals surface area contributed by atoms with E-state index in [1.165, 1.54) is 5.56 Å². The molecule has 0 saturated heterocycles. The fraction of sp³-hybridized carbons (Fsp3) is 0.235. The summed E-state index contributed by atoms with van der Waals surface area (Å²) in [7, 11) is 0. The van der Waals surface area contributed by atoms with Crippen LogP contribution < -0.4 is 16.4 Å². The van der Waals surface area contributed by atoms with Crippen molar-refractivity contribution in [2.45, 2.75) is 18.9 Å². The van der Waals surface area contributed by atoms with Crippen LogP contribution in [0.25, 0.3) is 0 Å². The summed E-state index contributed by atoms with van der Waals surface area (Å²) in [6.07, 6.45) is 1.17. The number of nitrogens with one attached hydrogen (secondary N) is 2. The van der Waals surface area contributed by atoms with Crippen molar-refractivity contribution < 1.29 is 4.79 Å². The molecular weight excluding hydrogens is 298 g/mol. The van der Waals surface area contributed by atoms with Crippen molar-refractivity contribution in [2.75, 3.05) is 17.2 Å². The smallest absolute Gasteiger partial charge is 0.228 e. The van der Waals surface area contributed by atoms with Crippen molar-refractivity contribution in [1.29, 1.82) is 0 Å². The molecule has 1 heterocycles. The maximum Gasteiger partial charge on any atom is 0.228 e. The van der Waals surface area contributed by atoms with Crippen LogP contribution in [0.4, 0.5) is 11.4 Å². The lowest BCUT2D eigenvalue weighted by molar-refractivity contribution is -0.115. The summed E-state index contributed by atoms with van der Waals surface area (Å²) in [6, 6.07) is 13.9. The summed E-state index contributed by atoms with van der Waals surface area (Å²) < 4.78 is 0. The van der Waals surface area contributed by atoms with Crippen LogP contribution in [0.5, 0.6) is 0 Å². The van der Waals surface area contributed by atoms with Crippen LogP contribution in [0, 0.1) is 0 Å². The lowest BCUT2D eigenvalue weighted by Crippen LogP contribution is -2.16. The molecule has 3 rings (SSSR count). The molecule has 114 valence electrons. The maximum atomic E-state index is 11.6. The molecule has 2 aromatic rings. The van der Waals surface area contributed by atoms with Crippen LogP contribution in [0.1, 0.15) is 23.6 Å². The van der Waals surface area contributed by atoms with Gasteiger partial charge in [-0.3, -0.25) is 4.79 Å². The van der Waals surface area contributed by atoms with Gasteiger partial charge in [0.2, 0.25) is 5.91 Å². The van der Waals surface area contributed by atoms with E-state index in [9.17, 15) is 4.79 Å². The van der Waals surface area contributed by atoms with Gasteiger partial charge in [0.05, 0.1) is 12.5 Å². The summed E-state index contributed by atoms with van der Waals surface area (Å²) in [5.41, 5.74) is 9.57. The molecule has 0 radical (unpaired) electrons. The Kier molecular flexibility index (Phi) is 4.32. The third kappa shape index (κ3) is 3.08. The maximum absolute atomic E-state index is 11.6. The zero-order chi connectivity index (χ0) is 15.5. The molecule has 1 aliphatic heterocycles. The molecule has 2 aromatic carbocycles. The topological polar surface area (TPSA) is 67.1 Å². The highest BCUT2D eigenvalue weighted by Crippen LogP contribution is 2.35. The first-order chi connectivity index (χ1) is 10.7. The second-order valence-corrected chi connectivity index (χ2v) is 5.83. The van der Waals surface area contributed by atoms with Gasteiger partial charge in [0.15, 0.2) is 0 Å². The molecule has 0 aromatic heterocycles. The first kappa shape index (κ1) is 14.9. The van der Waals surface area contributed by atoms with E-state index in [0.29, 0.717) is 18.0 Å². The predicted octanol–water partition coefficient (Wildman–Crippen LogP) is 3.34. The minimum Gasteiger partial charge on any atom is -0.378 e. The molecule has 0 saturated carbocycles. The third-order valence-electron chi connectivity index (χ3n) is 3.81. The second-order valence-electron chi connectivity index (χ2n) is 5.39. The summed E-state index contributed by atoms with van der Waals surface area (Å²) >= 11 is 6.17. The number of benzene rings is 2. The van der Waals surface area contributed by atoms with Crippen molar-refractivity contribution in [3.8, 4) is 0 Å². The van der Waals surface area contributed by atoms with Crippen molar-refractivity contribution in [1.82, 2.24) is 0 Å². The van der Waals surface area contributed by atoms with Gasteiger partial charge in [-0.05, 0) is 30.7 Å². The fourth-order valence-corrected chi connectivity index (χ4v) is 3.00. The summed E-state index contributed by atoms with van der Waals surface area (Å²) in [5.74, 6) is -0.00426. The Morgan fingerprint density at radius 2 is 2.05 bits per heavy atom. The van der Waals surface area contributed by atoms with Gasteiger partial charge in [-0.25, -0.2) is 0 Å². The molecule has 1 amide bonds. The van der Waals surface area contributed by atoms with E-state index in [4.69, 9.17) is 17.3 Å². The van der Waals surface area contributed by atoms with Gasteiger partial charge >= 0.3 is 0 Å². The average molecular weight is 316 g/mol. The largest absolute Gasteiger partial charge is 0.378 e. The van der Waals surface area contributed by atoms with E-state index >= 15 is 0 Å². The first-order valence-electron chi connectivity index (χ1n) is 7.31. The Morgan fingerprint density at radius 1 is 1.27 bits per heavy atom. The zero-order valence-electron chi connectivity index (χ0n) is 12.1. The van der Waals surface area contributed by atoms with Crippen LogP contribution in [-0.2, 0) is 11.2 Å². The highest BCUT2D eigenvalue weighted by molar-refractivity contribution is 6.31. The number of fused-ring (bicyclic) bond motifs is 1. The fourth-order valence-electron chi connectivity index (χ4n) is 2.78. The SMILES string of the molecule is NCC[C@@H](Nc1cc(Cl)cc2c1CC(=O)N2)c1ccccc1. The number of hydrogen-bond acceptors (Lipinski definition) is 3. The standard InChI is InChI=1S/C17H18ClN3O/c18-12-8-15(13-10-17(22)21-16(13)9-12)20-14(6-7-19)11-4-2-1-3-5-11/h1-5,8-9,14,20H,6-7,10,19H2,(H,21,22)/t14-/m1/s1. The number of amides is 1.